The number of hydrogen-bond donors (Lipinski definition) is 3. The van der Waals surface area contributed by atoms with E-state index in [1.54, 1.807) is 36.4 Å². The minimum absolute atomic E-state index is 0.0983. The SMILES string of the molecule is CC(=O)Nc1cccc(NC(=O)CC(CO)N2CCOC3(CCN(c4ccc(OC(C)(F)F)cc4)C3)C2)c1. The molecule has 2 fully saturated rings. The molecule has 2 saturated heterocycles. The normalized spacial score (nSPS) is 20.8. The van der Waals surface area contributed by atoms with Gasteiger partial charge in [-0.15, -0.1) is 0 Å². The molecule has 0 bridgehead atoms. The maximum absolute atomic E-state index is 13.1. The number of alkyl halides is 2. The van der Waals surface area contributed by atoms with Crippen LogP contribution < -0.4 is 20.3 Å². The molecule has 2 aliphatic heterocycles. The molecule has 9 nitrogen and oxygen atoms in total. The lowest BCUT2D eigenvalue weighted by atomic mass is 9.98. The van der Waals surface area contributed by atoms with Crippen LogP contribution in [0.5, 0.6) is 5.75 Å². The van der Waals surface area contributed by atoms with Gasteiger partial charge in [0.05, 0.1) is 18.8 Å². The summed E-state index contributed by atoms with van der Waals surface area (Å²) < 4.78 is 37.1. The van der Waals surface area contributed by atoms with Crippen molar-refractivity contribution in [2.45, 2.75) is 44.4 Å². The zero-order valence-corrected chi connectivity index (χ0v) is 21.6. The Hall–Kier alpha value is -3.28. The van der Waals surface area contributed by atoms with Crippen molar-refractivity contribution in [3.63, 3.8) is 0 Å². The third kappa shape index (κ3) is 7.40. The molecule has 0 saturated carbocycles. The highest BCUT2D eigenvalue weighted by atomic mass is 19.3. The number of benzene rings is 2. The molecule has 0 radical (unpaired) electrons. The van der Waals surface area contributed by atoms with Gasteiger partial charge in [-0.25, -0.2) is 0 Å². The van der Waals surface area contributed by atoms with Crippen molar-refractivity contribution in [3.05, 3.63) is 48.5 Å². The van der Waals surface area contributed by atoms with Crippen molar-refractivity contribution in [2.24, 2.45) is 0 Å². The van der Waals surface area contributed by atoms with E-state index in [4.69, 9.17) is 4.74 Å². The number of anilines is 3. The Morgan fingerprint density at radius 1 is 1.13 bits per heavy atom. The topological polar surface area (TPSA) is 103 Å². The fourth-order valence-corrected chi connectivity index (χ4v) is 5.04. The van der Waals surface area contributed by atoms with Gasteiger partial charge in [-0.1, -0.05) is 6.07 Å². The number of halogens is 2. The molecule has 2 heterocycles. The van der Waals surface area contributed by atoms with Crippen molar-refractivity contribution in [1.82, 2.24) is 4.90 Å². The van der Waals surface area contributed by atoms with Crippen LogP contribution >= 0.6 is 0 Å². The first-order valence-corrected chi connectivity index (χ1v) is 12.6. The molecule has 2 aliphatic rings. The zero-order valence-electron chi connectivity index (χ0n) is 21.6. The highest BCUT2D eigenvalue weighted by molar-refractivity contribution is 5.93. The lowest BCUT2D eigenvalue weighted by molar-refractivity contribution is -0.159. The van der Waals surface area contributed by atoms with Gasteiger partial charge in [-0.05, 0) is 48.9 Å². The predicted molar refractivity (Wildman–Crippen MR) is 140 cm³/mol. The maximum Gasteiger partial charge on any atom is 0.394 e. The third-order valence-corrected chi connectivity index (χ3v) is 6.71. The van der Waals surface area contributed by atoms with Crippen LogP contribution in [-0.2, 0) is 14.3 Å². The largest absolute Gasteiger partial charge is 0.433 e. The molecule has 2 aromatic carbocycles. The highest BCUT2D eigenvalue weighted by Gasteiger charge is 2.44. The van der Waals surface area contributed by atoms with Gasteiger partial charge in [-0.2, -0.15) is 8.78 Å². The number of morpholine rings is 1. The third-order valence-electron chi connectivity index (χ3n) is 6.71. The van der Waals surface area contributed by atoms with Crippen molar-refractivity contribution >= 4 is 28.9 Å². The Balaban J connectivity index is 1.34. The Labute approximate surface area is 220 Å². The molecule has 2 amide bonds. The summed E-state index contributed by atoms with van der Waals surface area (Å²) in [6.07, 6.45) is -2.38. The quantitative estimate of drug-likeness (QED) is 0.455. The summed E-state index contributed by atoms with van der Waals surface area (Å²) in [7, 11) is 0. The van der Waals surface area contributed by atoms with E-state index >= 15 is 0 Å². The van der Waals surface area contributed by atoms with Gasteiger partial charge in [0.25, 0.3) is 0 Å². The van der Waals surface area contributed by atoms with E-state index in [-0.39, 0.29) is 36.6 Å². The molecule has 38 heavy (non-hydrogen) atoms. The summed E-state index contributed by atoms with van der Waals surface area (Å²) >= 11 is 0. The predicted octanol–water partition coefficient (Wildman–Crippen LogP) is 3.31. The smallest absolute Gasteiger partial charge is 0.394 e. The van der Waals surface area contributed by atoms with E-state index in [0.717, 1.165) is 18.7 Å². The lowest BCUT2D eigenvalue weighted by Crippen LogP contribution is -2.57. The van der Waals surface area contributed by atoms with E-state index in [9.17, 15) is 23.5 Å². The first-order chi connectivity index (χ1) is 18.0. The van der Waals surface area contributed by atoms with Crippen LogP contribution in [0.3, 0.4) is 0 Å². The molecule has 4 rings (SSSR count). The Morgan fingerprint density at radius 3 is 2.50 bits per heavy atom. The van der Waals surface area contributed by atoms with Crippen LogP contribution in [0, 0.1) is 0 Å². The molecule has 0 aliphatic carbocycles. The van der Waals surface area contributed by atoms with Gasteiger partial charge in [0.2, 0.25) is 11.8 Å². The molecular formula is C27H34F2N4O5. The summed E-state index contributed by atoms with van der Waals surface area (Å²) in [6.45, 7) is 4.90. The molecule has 1 spiro atoms. The van der Waals surface area contributed by atoms with Crippen molar-refractivity contribution in [2.75, 3.05) is 54.9 Å². The van der Waals surface area contributed by atoms with Crippen LogP contribution in [0.25, 0.3) is 0 Å². The van der Waals surface area contributed by atoms with Gasteiger partial charge in [0.15, 0.2) is 0 Å². The standard InChI is InChI=1S/C27H34F2N4O5/c1-19(35)30-20-4-3-5-21(14-20)31-25(36)15-23(16-34)33-12-13-37-27(18-33)10-11-32(17-27)22-6-8-24(9-7-22)38-26(2,28)29/h3-9,14,23,34H,10-13,15-18H2,1-2H3,(H,30,35)(H,31,36). The molecule has 2 unspecified atom stereocenters. The van der Waals surface area contributed by atoms with Crippen molar-refractivity contribution in [1.29, 1.82) is 0 Å². The summed E-state index contributed by atoms with van der Waals surface area (Å²) in [4.78, 5) is 28.3. The van der Waals surface area contributed by atoms with E-state index in [2.05, 4.69) is 25.2 Å². The number of amides is 2. The van der Waals surface area contributed by atoms with Crippen molar-refractivity contribution < 1.29 is 33.0 Å². The van der Waals surface area contributed by atoms with Crippen LogP contribution in [0.2, 0.25) is 0 Å². The van der Waals surface area contributed by atoms with Gasteiger partial charge in [0.1, 0.15) is 5.75 Å². The number of rotatable bonds is 9. The minimum Gasteiger partial charge on any atom is -0.433 e. The molecule has 0 aromatic heterocycles. The first-order valence-electron chi connectivity index (χ1n) is 12.6. The molecule has 2 atom stereocenters. The average Bonchev–Trinajstić information content (AvgIpc) is 3.24. The number of nitrogens with zero attached hydrogens (tertiary/aromatic N) is 2. The van der Waals surface area contributed by atoms with Gasteiger partial charge in [-0.3, -0.25) is 14.5 Å². The van der Waals surface area contributed by atoms with Crippen LogP contribution in [0.15, 0.2) is 48.5 Å². The van der Waals surface area contributed by atoms with Crippen LogP contribution in [0.1, 0.15) is 26.7 Å². The lowest BCUT2D eigenvalue weighted by Gasteiger charge is -2.43. The van der Waals surface area contributed by atoms with Gasteiger partial charge < -0.3 is 30.1 Å². The maximum atomic E-state index is 13.1. The monoisotopic (exact) mass is 532 g/mol. The molecule has 2 aromatic rings. The van der Waals surface area contributed by atoms with Crippen molar-refractivity contribution in [3.8, 4) is 5.75 Å². The summed E-state index contributed by atoms with van der Waals surface area (Å²) in [5.41, 5.74) is 1.57. The Bertz CT molecular complexity index is 1130. The Morgan fingerprint density at radius 2 is 1.84 bits per heavy atom. The summed E-state index contributed by atoms with van der Waals surface area (Å²) in [6, 6.07) is 13.1. The van der Waals surface area contributed by atoms with E-state index < -0.39 is 11.7 Å². The van der Waals surface area contributed by atoms with Gasteiger partial charge in [0, 0.05) is 69.6 Å². The highest BCUT2D eigenvalue weighted by Crippen LogP contribution is 2.34. The second kappa shape index (κ2) is 11.6. The molecular weight excluding hydrogens is 498 g/mol. The second-order valence-corrected chi connectivity index (χ2v) is 9.93. The van der Waals surface area contributed by atoms with E-state index in [1.165, 1.54) is 19.1 Å². The Kier molecular flexibility index (Phi) is 8.49. The fraction of sp³-hybridized carbons (Fsp3) is 0.481. The number of nitrogens with one attached hydrogen (secondary N) is 2. The van der Waals surface area contributed by atoms with Crippen LogP contribution in [-0.4, -0.2) is 79.0 Å². The zero-order chi connectivity index (χ0) is 27.3. The number of carbonyl (C=O) groups excluding carboxylic acids is 2. The number of aliphatic hydroxyl groups is 1. The van der Waals surface area contributed by atoms with E-state index in [1.807, 2.05) is 0 Å². The summed E-state index contributed by atoms with van der Waals surface area (Å²) in [5.74, 6) is -0.341. The first kappa shape index (κ1) is 27.7. The minimum atomic E-state index is -3.24. The summed E-state index contributed by atoms with van der Waals surface area (Å²) in [5, 5.41) is 15.6. The molecule has 206 valence electrons. The number of hydrogen-bond acceptors (Lipinski definition) is 7. The van der Waals surface area contributed by atoms with E-state index in [0.29, 0.717) is 44.5 Å². The number of aliphatic hydroxyl groups excluding tert-OH is 1. The number of ether oxygens (including phenoxy) is 2. The average molecular weight is 533 g/mol. The fourth-order valence-electron chi connectivity index (χ4n) is 5.04. The molecule has 3 N–H and O–H groups in total. The van der Waals surface area contributed by atoms with Gasteiger partial charge >= 0.3 is 6.11 Å². The van der Waals surface area contributed by atoms with Crippen LogP contribution in [0.4, 0.5) is 25.8 Å². The second-order valence-electron chi connectivity index (χ2n) is 9.93. The molecule has 11 heteroatoms. The number of carbonyl (C=O) groups is 2.